The molecule has 0 saturated carbocycles. The van der Waals surface area contributed by atoms with Gasteiger partial charge in [0.25, 0.3) is 0 Å². The Morgan fingerprint density at radius 2 is 1.83 bits per heavy atom. The Hall–Kier alpha value is -3.96. The summed E-state index contributed by atoms with van der Waals surface area (Å²) < 4.78 is 32.1. The first-order chi connectivity index (χ1) is 16.6. The number of benzene rings is 1. The summed E-state index contributed by atoms with van der Waals surface area (Å²) in [5, 5.41) is 19.1. The molecule has 182 valence electrons. The topological polar surface area (TPSA) is 153 Å². The van der Waals surface area contributed by atoms with Gasteiger partial charge < -0.3 is 9.64 Å². The molecule has 11 heteroatoms. The van der Waals surface area contributed by atoms with Crippen molar-refractivity contribution in [1.29, 1.82) is 10.5 Å². The molecule has 0 spiro atoms. The van der Waals surface area contributed by atoms with Crippen molar-refractivity contribution in [3.05, 3.63) is 58.8 Å². The number of nitrogens with zero attached hydrogens (tertiary/aromatic N) is 4. The number of rotatable bonds is 7. The van der Waals surface area contributed by atoms with Crippen LogP contribution in [0.2, 0.25) is 0 Å². The maximum Gasteiger partial charge on any atom is 0.341 e. The SMILES string of the molecule is CC(C)OC(=O)c1cc(C#N)c(N2CCC(C(=O)NS(=O)(=O)Cc3ccccc3)CC2)nc1C#N. The summed E-state index contributed by atoms with van der Waals surface area (Å²) >= 11 is 0. The second kappa shape index (κ2) is 11.0. The molecule has 1 aliphatic rings. The van der Waals surface area contributed by atoms with Crippen LogP contribution in [0.3, 0.4) is 0 Å². The number of nitriles is 2. The second-order valence-electron chi connectivity index (χ2n) is 8.41. The van der Waals surface area contributed by atoms with Crippen LogP contribution in [0.1, 0.15) is 53.9 Å². The molecule has 1 fully saturated rings. The van der Waals surface area contributed by atoms with Crippen LogP contribution in [-0.4, -0.2) is 44.5 Å². The molecule has 0 atom stereocenters. The van der Waals surface area contributed by atoms with Crippen LogP contribution in [0.25, 0.3) is 0 Å². The number of carbonyl (C=O) groups excluding carboxylic acids is 2. The summed E-state index contributed by atoms with van der Waals surface area (Å²) in [5.41, 5.74) is 0.440. The lowest BCUT2D eigenvalue weighted by molar-refractivity contribution is -0.123. The van der Waals surface area contributed by atoms with Crippen molar-refractivity contribution < 1.29 is 22.7 Å². The van der Waals surface area contributed by atoms with E-state index in [4.69, 9.17) is 4.74 Å². The molecule has 0 bridgehead atoms. The summed E-state index contributed by atoms with van der Waals surface area (Å²) in [6.07, 6.45) is 0.261. The molecule has 10 nitrogen and oxygen atoms in total. The summed E-state index contributed by atoms with van der Waals surface area (Å²) in [6, 6.07) is 13.7. The van der Waals surface area contributed by atoms with Gasteiger partial charge in [-0.2, -0.15) is 10.5 Å². The molecular weight excluding hydrogens is 470 g/mol. The van der Waals surface area contributed by atoms with Crippen LogP contribution in [-0.2, 0) is 25.3 Å². The number of amides is 1. The average Bonchev–Trinajstić information content (AvgIpc) is 2.82. The molecule has 1 saturated heterocycles. The number of sulfonamides is 1. The Bertz CT molecular complexity index is 1290. The van der Waals surface area contributed by atoms with Gasteiger partial charge in [-0.3, -0.25) is 9.52 Å². The first-order valence-corrected chi connectivity index (χ1v) is 12.7. The Balaban J connectivity index is 1.69. The zero-order valence-corrected chi connectivity index (χ0v) is 20.2. The monoisotopic (exact) mass is 495 g/mol. The van der Waals surface area contributed by atoms with Crippen LogP contribution in [0.5, 0.6) is 0 Å². The third-order valence-corrected chi connectivity index (χ3v) is 6.64. The second-order valence-corrected chi connectivity index (χ2v) is 10.1. The fourth-order valence-corrected chi connectivity index (χ4v) is 4.94. The molecule has 2 aromatic rings. The highest BCUT2D eigenvalue weighted by molar-refractivity contribution is 7.89. The van der Waals surface area contributed by atoms with Gasteiger partial charge in [-0.15, -0.1) is 0 Å². The Morgan fingerprint density at radius 3 is 2.40 bits per heavy atom. The molecule has 1 aromatic heterocycles. The summed E-state index contributed by atoms with van der Waals surface area (Å²) in [4.78, 5) is 30.9. The zero-order valence-electron chi connectivity index (χ0n) is 19.4. The predicted octanol–water partition coefficient (Wildman–Crippen LogP) is 2.25. The first-order valence-electron chi connectivity index (χ1n) is 11.0. The molecule has 0 unspecified atom stereocenters. The van der Waals surface area contributed by atoms with E-state index in [0.29, 0.717) is 31.5 Å². The minimum absolute atomic E-state index is 0.0839. The minimum Gasteiger partial charge on any atom is -0.459 e. The molecule has 1 amide bonds. The van der Waals surface area contributed by atoms with Crippen molar-refractivity contribution in [1.82, 2.24) is 9.71 Å². The van der Waals surface area contributed by atoms with Crippen LogP contribution >= 0.6 is 0 Å². The van der Waals surface area contributed by atoms with Gasteiger partial charge >= 0.3 is 5.97 Å². The molecule has 2 heterocycles. The largest absolute Gasteiger partial charge is 0.459 e. The molecule has 3 rings (SSSR count). The molecule has 1 aromatic carbocycles. The fourth-order valence-electron chi connectivity index (χ4n) is 3.77. The third-order valence-electron chi connectivity index (χ3n) is 5.41. The van der Waals surface area contributed by atoms with Gasteiger partial charge in [0, 0.05) is 19.0 Å². The third kappa shape index (κ3) is 6.55. The summed E-state index contributed by atoms with van der Waals surface area (Å²) in [7, 11) is -3.84. The van der Waals surface area contributed by atoms with Crippen molar-refractivity contribution in [3.8, 4) is 12.1 Å². The van der Waals surface area contributed by atoms with E-state index in [1.807, 2.05) is 12.1 Å². The molecule has 0 aliphatic carbocycles. The van der Waals surface area contributed by atoms with Gasteiger partial charge in [0.1, 0.15) is 18.0 Å². The van der Waals surface area contributed by atoms with E-state index < -0.39 is 33.9 Å². The number of anilines is 1. The maximum absolute atomic E-state index is 12.6. The quantitative estimate of drug-likeness (QED) is 0.570. The molecule has 1 aliphatic heterocycles. The van der Waals surface area contributed by atoms with Crippen LogP contribution in [0, 0.1) is 28.6 Å². The van der Waals surface area contributed by atoms with E-state index in [2.05, 4.69) is 9.71 Å². The number of hydrogen-bond acceptors (Lipinski definition) is 9. The van der Waals surface area contributed by atoms with Gasteiger partial charge in [0.05, 0.1) is 23.0 Å². The first kappa shape index (κ1) is 25.7. The van der Waals surface area contributed by atoms with Gasteiger partial charge in [-0.25, -0.2) is 18.2 Å². The maximum atomic E-state index is 12.6. The van der Waals surface area contributed by atoms with E-state index in [0.717, 1.165) is 0 Å². The number of pyridine rings is 1. The highest BCUT2D eigenvalue weighted by Crippen LogP contribution is 2.27. The van der Waals surface area contributed by atoms with Crippen molar-refractivity contribution in [2.75, 3.05) is 18.0 Å². The van der Waals surface area contributed by atoms with Gasteiger partial charge in [0.2, 0.25) is 15.9 Å². The molecule has 1 N–H and O–H groups in total. The zero-order chi connectivity index (χ0) is 25.6. The van der Waals surface area contributed by atoms with Crippen molar-refractivity contribution in [3.63, 3.8) is 0 Å². The molecule has 0 radical (unpaired) electrons. The standard InChI is InChI=1S/C24H25N5O5S/c1-16(2)34-24(31)20-12-19(13-25)22(27-21(20)14-26)29-10-8-18(9-11-29)23(30)28-35(32,33)15-17-6-4-3-5-7-17/h3-7,12,16,18H,8-11,15H2,1-2H3,(H,28,30). The Morgan fingerprint density at radius 1 is 1.17 bits per heavy atom. The lowest BCUT2D eigenvalue weighted by Crippen LogP contribution is -2.43. The van der Waals surface area contributed by atoms with Crippen molar-refractivity contribution in [2.24, 2.45) is 5.92 Å². The minimum atomic E-state index is -3.84. The molecular formula is C24H25N5O5S. The smallest absolute Gasteiger partial charge is 0.341 e. The van der Waals surface area contributed by atoms with Gasteiger partial charge in [-0.05, 0) is 38.3 Å². The highest BCUT2D eigenvalue weighted by Gasteiger charge is 2.30. The van der Waals surface area contributed by atoms with Gasteiger partial charge in [-0.1, -0.05) is 30.3 Å². The highest BCUT2D eigenvalue weighted by atomic mass is 32.2. The lowest BCUT2D eigenvalue weighted by atomic mass is 9.96. The number of nitrogens with one attached hydrogen (secondary N) is 1. The summed E-state index contributed by atoms with van der Waals surface area (Å²) in [6.45, 7) is 3.98. The number of esters is 1. The van der Waals surface area contributed by atoms with E-state index in [-0.39, 0.29) is 28.4 Å². The number of piperidine rings is 1. The number of carbonyl (C=O) groups is 2. The van der Waals surface area contributed by atoms with E-state index in [1.54, 1.807) is 49.1 Å². The summed E-state index contributed by atoms with van der Waals surface area (Å²) in [5.74, 6) is -1.90. The number of hydrogen-bond donors (Lipinski definition) is 1. The van der Waals surface area contributed by atoms with E-state index in [1.165, 1.54) is 6.07 Å². The number of ether oxygens (including phenoxy) is 1. The van der Waals surface area contributed by atoms with Crippen LogP contribution in [0.15, 0.2) is 36.4 Å². The molecule has 35 heavy (non-hydrogen) atoms. The predicted molar refractivity (Wildman–Crippen MR) is 126 cm³/mol. The van der Waals surface area contributed by atoms with Crippen LogP contribution < -0.4 is 9.62 Å². The fraction of sp³-hybridized carbons (Fsp3) is 0.375. The Labute approximate surface area is 204 Å². The normalized spacial score (nSPS) is 14.1. The lowest BCUT2D eigenvalue weighted by Gasteiger charge is -2.32. The Kier molecular flexibility index (Phi) is 8.05. The number of aromatic nitrogens is 1. The van der Waals surface area contributed by atoms with Crippen molar-refractivity contribution >= 4 is 27.7 Å². The average molecular weight is 496 g/mol. The van der Waals surface area contributed by atoms with Gasteiger partial charge in [0.15, 0.2) is 5.69 Å². The van der Waals surface area contributed by atoms with Crippen LogP contribution in [0.4, 0.5) is 5.82 Å². The van der Waals surface area contributed by atoms with E-state index in [9.17, 15) is 28.5 Å². The van der Waals surface area contributed by atoms with Crippen molar-refractivity contribution in [2.45, 2.75) is 38.5 Å². The van der Waals surface area contributed by atoms with E-state index >= 15 is 0 Å².